The standard InChI is InChI=1S/C14H21F/c1-9-8-10(2)14(15)13(11(9)3)12-6-4-5-7-12/h9,12H,4-8H2,1-3H3. The van der Waals surface area contributed by atoms with Crippen molar-refractivity contribution in [3.63, 3.8) is 0 Å². The SMILES string of the molecule is CC1=C(F)C(C2CCCC2)=C(C)C(C)C1. The summed E-state index contributed by atoms with van der Waals surface area (Å²) >= 11 is 0. The quantitative estimate of drug-likeness (QED) is 0.582. The molecule has 1 saturated carbocycles. The molecule has 0 amide bonds. The van der Waals surface area contributed by atoms with Crippen molar-refractivity contribution in [2.75, 3.05) is 0 Å². The highest BCUT2D eigenvalue weighted by molar-refractivity contribution is 5.40. The summed E-state index contributed by atoms with van der Waals surface area (Å²) < 4.78 is 14.1. The Kier molecular flexibility index (Phi) is 2.99. The molecule has 0 aliphatic heterocycles. The molecule has 1 unspecified atom stereocenters. The average Bonchev–Trinajstić information content (AvgIpc) is 2.69. The Balaban J connectivity index is 2.36. The van der Waals surface area contributed by atoms with E-state index in [0.29, 0.717) is 11.8 Å². The molecule has 0 heterocycles. The Labute approximate surface area is 92.3 Å². The summed E-state index contributed by atoms with van der Waals surface area (Å²) in [6, 6.07) is 0. The first-order valence-electron chi connectivity index (χ1n) is 6.17. The second-order valence-electron chi connectivity index (χ2n) is 5.28. The van der Waals surface area contributed by atoms with Gasteiger partial charge in [-0.3, -0.25) is 0 Å². The van der Waals surface area contributed by atoms with Gasteiger partial charge in [0.25, 0.3) is 0 Å². The molecule has 15 heavy (non-hydrogen) atoms. The van der Waals surface area contributed by atoms with Gasteiger partial charge in [-0.25, -0.2) is 4.39 Å². The van der Waals surface area contributed by atoms with Crippen molar-refractivity contribution in [3.05, 3.63) is 22.5 Å². The fraction of sp³-hybridized carbons (Fsp3) is 0.714. The molecular weight excluding hydrogens is 187 g/mol. The van der Waals surface area contributed by atoms with Gasteiger partial charge in [-0.15, -0.1) is 0 Å². The molecule has 0 saturated heterocycles. The fourth-order valence-electron chi connectivity index (χ4n) is 3.09. The number of halogens is 1. The lowest BCUT2D eigenvalue weighted by atomic mass is 9.79. The molecule has 2 aliphatic carbocycles. The Morgan fingerprint density at radius 3 is 2.33 bits per heavy atom. The normalized spacial score (nSPS) is 29.2. The molecule has 0 aromatic heterocycles. The molecule has 84 valence electrons. The van der Waals surface area contributed by atoms with E-state index in [1.807, 2.05) is 6.92 Å². The number of rotatable bonds is 1. The van der Waals surface area contributed by atoms with Crippen LogP contribution in [0.4, 0.5) is 4.39 Å². The van der Waals surface area contributed by atoms with Crippen molar-refractivity contribution in [2.24, 2.45) is 11.8 Å². The fourth-order valence-corrected chi connectivity index (χ4v) is 3.09. The van der Waals surface area contributed by atoms with E-state index >= 15 is 0 Å². The first-order valence-corrected chi connectivity index (χ1v) is 6.17. The summed E-state index contributed by atoms with van der Waals surface area (Å²) in [7, 11) is 0. The number of hydrogen-bond acceptors (Lipinski definition) is 0. The Hall–Kier alpha value is -0.590. The topological polar surface area (TPSA) is 0 Å². The smallest absolute Gasteiger partial charge is 0.125 e. The summed E-state index contributed by atoms with van der Waals surface area (Å²) in [5.41, 5.74) is 3.35. The van der Waals surface area contributed by atoms with Crippen LogP contribution in [-0.2, 0) is 0 Å². The first kappa shape index (κ1) is 10.9. The molecule has 0 spiro atoms. The molecule has 1 atom stereocenters. The van der Waals surface area contributed by atoms with E-state index in [2.05, 4.69) is 13.8 Å². The summed E-state index contributed by atoms with van der Waals surface area (Å²) in [4.78, 5) is 0. The second kappa shape index (κ2) is 4.11. The highest BCUT2D eigenvalue weighted by Crippen LogP contribution is 2.43. The van der Waals surface area contributed by atoms with E-state index in [4.69, 9.17) is 0 Å². The molecule has 2 aliphatic rings. The van der Waals surface area contributed by atoms with Gasteiger partial charge in [-0.1, -0.05) is 25.3 Å². The van der Waals surface area contributed by atoms with Crippen LogP contribution in [0.25, 0.3) is 0 Å². The third-order valence-corrected chi connectivity index (χ3v) is 4.15. The Bertz CT molecular complexity index is 316. The molecule has 0 N–H and O–H groups in total. The monoisotopic (exact) mass is 208 g/mol. The first-order chi connectivity index (χ1) is 7.11. The summed E-state index contributed by atoms with van der Waals surface area (Å²) in [5.74, 6) is 1.18. The third kappa shape index (κ3) is 1.89. The van der Waals surface area contributed by atoms with E-state index < -0.39 is 0 Å². The Morgan fingerprint density at radius 2 is 1.73 bits per heavy atom. The van der Waals surface area contributed by atoms with Gasteiger partial charge in [-0.05, 0) is 56.1 Å². The van der Waals surface area contributed by atoms with Crippen LogP contribution in [0, 0.1) is 11.8 Å². The van der Waals surface area contributed by atoms with Gasteiger partial charge in [-0.2, -0.15) is 0 Å². The molecule has 2 rings (SSSR count). The second-order valence-corrected chi connectivity index (χ2v) is 5.28. The predicted octanol–water partition coefficient (Wildman–Crippen LogP) is 4.78. The van der Waals surface area contributed by atoms with Gasteiger partial charge in [0, 0.05) is 0 Å². The van der Waals surface area contributed by atoms with Crippen LogP contribution >= 0.6 is 0 Å². The van der Waals surface area contributed by atoms with Crippen LogP contribution in [0.2, 0.25) is 0 Å². The van der Waals surface area contributed by atoms with Crippen molar-refractivity contribution in [3.8, 4) is 0 Å². The van der Waals surface area contributed by atoms with Gasteiger partial charge in [0.2, 0.25) is 0 Å². The molecule has 0 aromatic rings. The molecule has 0 aromatic carbocycles. The minimum absolute atomic E-state index is 0.123. The van der Waals surface area contributed by atoms with Crippen molar-refractivity contribution in [1.82, 2.24) is 0 Å². The largest absolute Gasteiger partial charge is 0.207 e. The molecule has 1 fully saturated rings. The van der Waals surface area contributed by atoms with Gasteiger partial charge < -0.3 is 0 Å². The number of allylic oxidation sites excluding steroid dienone is 4. The van der Waals surface area contributed by atoms with Gasteiger partial charge in [0.05, 0.1) is 0 Å². The van der Waals surface area contributed by atoms with Crippen molar-refractivity contribution >= 4 is 0 Å². The van der Waals surface area contributed by atoms with Gasteiger partial charge in [0.15, 0.2) is 0 Å². The molecule has 0 bridgehead atoms. The zero-order valence-electron chi connectivity index (χ0n) is 10.1. The lowest BCUT2D eigenvalue weighted by molar-refractivity contribution is 0.506. The van der Waals surface area contributed by atoms with Crippen molar-refractivity contribution < 1.29 is 4.39 Å². The third-order valence-electron chi connectivity index (χ3n) is 4.15. The molecule has 0 nitrogen and oxygen atoms in total. The summed E-state index contributed by atoms with van der Waals surface area (Å²) in [6.07, 6.45) is 5.86. The zero-order valence-corrected chi connectivity index (χ0v) is 10.1. The van der Waals surface area contributed by atoms with Crippen LogP contribution in [0.5, 0.6) is 0 Å². The Morgan fingerprint density at radius 1 is 1.13 bits per heavy atom. The van der Waals surface area contributed by atoms with E-state index in [1.54, 1.807) is 0 Å². The average molecular weight is 208 g/mol. The molecule has 1 heteroatoms. The van der Waals surface area contributed by atoms with E-state index in [-0.39, 0.29) is 5.83 Å². The van der Waals surface area contributed by atoms with Crippen LogP contribution < -0.4 is 0 Å². The zero-order chi connectivity index (χ0) is 11.0. The predicted molar refractivity (Wildman–Crippen MR) is 62.2 cm³/mol. The van der Waals surface area contributed by atoms with E-state index in [9.17, 15) is 4.39 Å². The lowest BCUT2D eigenvalue weighted by Gasteiger charge is -2.27. The molecular formula is C14H21F. The maximum atomic E-state index is 14.1. The minimum Gasteiger partial charge on any atom is -0.207 e. The molecule has 0 radical (unpaired) electrons. The van der Waals surface area contributed by atoms with E-state index in [1.165, 1.54) is 31.3 Å². The van der Waals surface area contributed by atoms with Crippen LogP contribution in [0.3, 0.4) is 0 Å². The van der Waals surface area contributed by atoms with Gasteiger partial charge >= 0.3 is 0 Å². The van der Waals surface area contributed by atoms with Gasteiger partial charge in [0.1, 0.15) is 5.83 Å². The van der Waals surface area contributed by atoms with Crippen LogP contribution in [0.15, 0.2) is 22.5 Å². The van der Waals surface area contributed by atoms with Crippen molar-refractivity contribution in [2.45, 2.75) is 52.9 Å². The maximum Gasteiger partial charge on any atom is 0.125 e. The summed E-state index contributed by atoms with van der Waals surface area (Å²) in [6.45, 7) is 6.30. The van der Waals surface area contributed by atoms with E-state index in [0.717, 1.165) is 17.6 Å². The minimum atomic E-state index is 0.123. The number of hydrogen-bond donors (Lipinski definition) is 0. The highest BCUT2D eigenvalue weighted by Gasteiger charge is 2.29. The van der Waals surface area contributed by atoms with Crippen LogP contribution in [0.1, 0.15) is 52.9 Å². The lowest BCUT2D eigenvalue weighted by Crippen LogP contribution is -2.14. The summed E-state index contributed by atoms with van der Waals surface area (Å²) in [5, 5.41) is 0. The maximum absolute atomic E-state index is 14.1. The van der Waals surface area contributed by atoms with Crippen LogP contribution in [-0.4, -0.2) is 0 Å². The van der Waals surface area contributed by atoms with Crippen molar-refractivity contribution in [1.29, 1.82) is 0 Å². The highest BCUT2D eigenvalue weighted by atomic mass is 19.1.